The van der Waals surface area contributed by atoms with E-state index < -0.39 is 0 Å². The number of rotatable bonds is 6. The van der Waals surface area contributed by atoms with Gasteiger partial charge in [-0.1, -0.05) is 18.9 Å². The minimum atomic E-state index is -0.321. The van der Waals surface area contributed by atoms with E-state index in [2.05, 4.69) is 10.3 Å². The minimum absolute atomic E-state index is 0.102. The lowest BCUT2D eigenvalue weighted by atomic mass is 9.98. The summed E-state index contributed by atoms with van der Waals surface area (Å²) < 4.78 is 10.5. The van der Waals surface area contributed by atoms with Crippen LogP contribution in [-0.2, 0) is 10.3 Å². The molecule has 0 unspecified atom stereocenters. The van der Waals surface area contributed by atoms with Crippen molar-refractivity contribution in [3.63, 3.8) is 0 Å². The lowest BCUT2D eigenvalue weighted by molar-refractivity contribution is -0.118. The Balaban J connectivity index is 1.74. The summed E-state index contributed by atoms with van der Waals surface area (Å²) in [7, 11) is 3.19. The molecular formula is C20H24N2O3S. The molecule has 0 saturated heterocycles. The van der Waals surface area contributed by atoms with E-state index in [1.807, 2.05) is 30.5 Å². The molecule has 3 rings (SSSR count). The zero-order valence-corrected chi connectivity index (χ0v) is 16.2. The van der Waals surface area contributed by atoms with Gasteiger partial charge in [0.25, 0.3) is 0 Å². The molecule has 0 atom stereocenters. The summed E-state index contributed by atoms with van der Waals surface area (Å²) >= 11 is 1.63. The second kappa shape index (κ2) is 7.91. The highest BCUT2D eigenvalue weighted by atomic mass is 32.1. The molecular weight excluding hydrogens is 348 g/mol. The van der Waals surface area contributed by atoms with Gasteiger partial charge >= 0.3 is 0 Å². The van der Waals surface area contributed by atoms with Crippen molar-refractivity contribution < 1.29 is 14.3 Å². The first-order valence-corrected chi connectivity index (χ1v) is 9.59. The molecule has 1 fully saturated rings. The largest absolute Gasteiger partial charge is 0.493 e. The number of carbonyl (C=O) groups is 1. The Bertz CT molecular complexity index is 807. The third-order valence-corrected chi connectivity index (χ3v) is 5.85. The number of aryl methyl sites for hydroxylation is 1. The summed E-state index contributed by atoms with van der Waals surface area (Å²) in [5.74, 6) is 1.20. The molecule has 0 radical (unpaired) electrons. The molecule has 1 aromatic heterocycles. The van der Waals surface area contributed by atoms with Crippen molar-refractivity contribution in [1.82, 2.24) is 10.3 Å². The molecule has 1 amide bonds. The Labute approximate surface area is 158 Å². The molecule has 2 aromatic rings. The van der Waals surface area contributed by atoms with Crippen molar-refractivity contribution in [2.24, 2.45) is 0 Å². The molecule has 1 saturated carbocycles. The molecule has 0 aliphatic heterocycles. The lowest BCUT2D eigenvalue weighted by Gasteiger charge is -2.27. The number of hydrogen-bond donors (Lipinski definition) is 1. The quantitative estimate of drug-likeness (QED) is 0.777. The average Bonchev–Trinajstić information content (AvgIpc) is 3.29. The second-order valence-electron chi connectivity index (χ2n) is 6.52. The van der Waals surface area contributed by atoms with Crippen molar-refractivity contribution in [3.05, 3.63) is 45.9 Å². The van der Waals surface area contributed by atoms with E-state index >= 15 is 0 Å². The van der Waals surface area contributed by atoms with E-state index in [0.29, 0.717) is 11.5 Å². The Morgan fingerprint density at radius 3 is 2.58 bits per heavy atom. The van der Waals surface area contributed by atoms with Gasteiger partial charge < -0.3 is 14.8 Å². The maximum atomic E-state index is 12.6. The summed E-state index contributed by atoms with van der Waals surface area (Å²) in [6.45, 7) is 1.99. The molecule has 1 N–H and O–H groups in total. The number of methoxy groups -OCH3 is 2. The fourth-order valence-electron chi connectivity index (χ4n) is 3.35. The highest BCUT2D eigenvalue weighted by Crippen LogP contribution is 2.40. The van der Waals surface area contributed by atoms with Gasteiger partial charge in [-0.3, -0.25) is 4.79 Å². The Morgan fingerprint density at radius 1 is 1.23 bits per heavy atom. The summed E-state index contributed by atoms with van der Waals surface area (Å²) in [5.41, 5.74) is 1.56. The number of carbonyl (C=O) groups excluding carboxylic acids is 1. The van der Waals surface area contributed by atoms with Gasteiger partial charge in [0, 0.05) is 17.2 Å². The standard InChI is InChI=1S/C20H24N2O3S/c1-14-13-26-19(21-14)20(10-4-5-11-20)22-18(23)9-7-15-6-8-16(24-2)17(12-15)25-3/h6-9,12-13H,4-5,10-11H2,1-3H3,(H,22,23). The highest BCUT2D eigenvalue weighted by molar-refractivity contribution is 7.09. The summed E-state index contributed by atoms with van der Waals surface area (Å²) in [5, 5.41) is 6.27. The minimum Gasteiger partial charge on any atom is -0.493 e. The molecule has 1 aliphatic rings. The average molecular weight is 372 g/mol. The summed E-state index contributed by atoms with van der Waals surface area (Å²) in [4.78, 5) is 17.2. The van der Waals surface area contributed by atoms with E-state index in [1.165, 1.54) is 0 Å². The zero-order valence-electron chi connectivity index (χ0n) is 15.4. The first-order valence-electron chi connectivity index (χ1n) is 8.71. The molecule has 1 aromatic carbocycles. The van der Waals surface area contributed by atoms with Crippen molar-refractivity contribution in [2.75, 3.05) is 14.2 Å². The van der Waals surface area contributed by atoms with E-state index in [4.69, 9.17) is 9.47 Å². The first-order chi connectivity index (χ1) is 12.6. The normalized spacial score (nSPS) is 16.0. The Morgan fingerprint density at radius 2 is 1.96 bits per heavy atom. The van der Waals surface area contributed by atoms with Crippen molar-refractivity contribution in [2.45, 2.75) is 38.1 Å². The van der Waals surface area contributed by atoms with Crippen LogP contribution in [0, 0.1) is 6.92 Å². The zero-order chi connectivity index (χ0) is 18.6. The summed E-state index contributed by atoms with van der Waals surface area (Å²) in [6, 6.07) is 5.56. The number of amides is 1. The smallest absolute Gasteiger partial charge is 0.244 e. The third kappa shape index (κ3) is 3.90. The monoisotopic (exact) mass is 372 g/mol. The first kappa shape index (κ1) is 18.5. The van der Waals surface area contributed by atoms with Crippen LogP contribution in [0.5, 0.6) is 11.5 Å². The number of nitrogens with zero attached hydrogens (tertiary/aromatic N) is 1. The number of nitrogens with one attached hydrogen (secondary N) is 1. The van der Waals surface area contributed by atoms with Gasteiger partial charge in [0.1, 0.15) is 5.01 Å². The number of ether oxygens (including phenoxy) is 2. The van der Waals surface area contributed by atoms with Gasteiger partial charge in [0.05, 0.1) is 19.8 Å². The fraction of sp³-hybridized carbons (Fsp3) is 0.400. The molecule has 6 heteroatoms. The molecule has 138 valence electrons. The predicted octanol–water partition coefficient (Wildman–Crippen LogP) is 4.07. The van der Waals surface area contributed by atoms with Crippen molar-refractivity contribution >= 4 is 23.3 Å². The number of thiazole rings is 1. The fourth-order valence-corrected chi connectivity index (χ4v) is 4.36. The van der Waals surface area contributed by atoms with Crippen LogP contribution < -0.4 is 14.8 Å². The van der Waals surface area contributed by atoms with Crippen LogP contribution in [0.4, 0.5) is 0 Å². The number of aromatic nitrogens is 1. The highest BCUT2D eigenvalue weighted by Gasteiger charge is 2.39. The maximum Gasteiger partial charge on any atom is 0.244 e. The Hall–Kier alpha value is -2.34. The van der Waals surface area contributed by atoms with E-state index in [-0.39, 0.29) is 11.4 Å². The molecule has 5 nitrogen and oxygen atoms in total. The molecule has 0 spiro atoms. The molecule has 1 heterocycles. The number of benzene rings is 1. The topological polar surface area (TPSA) is 60.5 Å². The van der Waals surface area contributed by atoms with Crippen LogP contribution in [-0.4, -0.2) is 25.1 Å². The van der Waals surface area contributed by atoms with Crippen LogP contribution >= 0.6 is 11.3 Å². The third-order valence-electron chi connectivity index (χ3n) is 4.68. The Kier molecular flexibility index (Phi) is 5.61. The van der Waals surface area contributed by atoms with Gasteiger partial charge in [-0.2, -0.15) is 0 Å². The van der Waals surface area contributed by atoms with E-state index in [9.17, 15) is 4.79 Å². The lowest BCUT2D eigenvalue weighted by Crippen LogP contribution is -2.43. The van der Waals surface area contributed by atoms with Crippen LogP contribution in [0.3, 0.4) is 0 Å². The van der Waals surface area contributed by atoms with Crippen molar-refractivity contribution in [1.29, 1.82) is 0 Å². The van der Waals surface area contributed by atoms with Gasteiger partial charge in [0.15, 0.2) is 11.5 Å². The number of hydrogen-bond acceptors (Lipinski definition) is 5. The van der Waals surface area contributed by atoms with Gasteiger partial charge in [0.2, 0.25) is 5.91 Å². The van der Waals surface area contributed by atoms with Crippen LogP contribution in [0.15, 0.2) is 29.7 Å². The van der Waals surface area contributed by atoms with E-state index in [1.54, 1.807) is 37.7 Å². The maximum absolute atomic E-state index is 12.6. The van der Waals surface area contributed by atoms with Crippen LogP contribution in [0.25, 0.3) is 6.08 Å². The molecule has 1 aliphatic carbocycles. The summed E-state index contributed by atoms with van der Waals surface area (Å²) in [6.07, 6.45) is 7.46. The predicted molar refractivity (Wildman–Crippen MR) is 104 cm³/mol. The van der Waals surface area contributed by atoms with Crippen LogP contribution in [0.2, 0.25) is 0 Å². The van der Waals surface area contributed by atoms with E-state index in [0.717, 1.165) is 41.9 Å². The van der Waals surface area contributed by atoms with Crippen molar-refractivity contribution in [3.8, 4) is 11.5 Å². The SMILES string of the molecule is COc1ccc(C=CC(=O)NC2(c3nc(C)cs3)CCCC2)cc1OC. The van der Waals surface area contributed by atoms with Gasteiger partial charge in [-0.15, -0.1) is 11.3 Å². The second-order valence-corrected chi connectivity index (χ2v) is 7.38. The van der Waals surface area contributed by atoms with Gasteiger partial charge in [-0.25, -0.2) is 4.98 Å². The molecule has 26 heavy (non-hydrogen) atoms. The molecule has 0 bridgehead atoms. The van der Waals surface area contributed by atoms with Gasteiger partial charge in [-0.05, 0) is 43.5 Å². The van der Waals surface area contributed by atoms with Crippen LogP contribution in [0.1, 0.15) is 41.9 Å².